The molecule has 3 heterocycles. The zero-order chi connectivity index (χ0) is 14.9. The van der Waals surface area contributed by atoms with Gasteiger partial charge in [-0.2, -0.15) is 0 Å². The maximum absolute atomic E-state index is 12.6. The van der Waals surface area contributed by atoms with Crippen molar-refractivity contribution in [1.82, 2.24) is 15.4 Å². The van der Waals surface area contributed by atoms with Crippen molar-refractivity contribution in [3.8, 4) is 0 Å². The van der Waals surface area contributed by atoms with Crippen molar-refractivity contribution in [2.75, 3.05) is 26.2 Å². The highest BCUT2D eigenvalue weighted by molar-refractivity contribution is 5.86. The lowest BCUT2D eigenvalue weighted by Crippen LogP contribution is -2.34. The maximum atomic E-state index is 12.6. The van der Waals surface area contributed by atoms with E-state index in [-0.39, 0.29) is 18.3 Å². The molecule has 1 amide bonds. The molecule has 1 aromatic carbocycles. The maximum Gasteiger partial charge on any atom is 0.228 e. The largest absolute Gasteiger partial charge is 0.356 e. The number of rotatable bonds is 2. The molecule has 1 aromatic heterocycles. The Balaban J connectivity index is 0.00000156. The topological polar surface area (TPSA) is 58.4 Å². The van der Waals surface area contributed by atoms with Gasteiger partial charge in [-0.15, -0.1) is 12.4 Å². The van der Waals surface area contributed by atoms with Gasteiger partial charge in [0.1, 0.15) is 5.69 Å². The number of hydrogen-bond acceptors (Lipinski definition) is 4. The summed E-state index contributed by atoms with van der Waals surface area (Å²) < 4.78 is 5.29. The quantitative estimate of drug-likeness (QED) is 0.914. The van der Waals surface area contributed by atoms with Gasteiger partial charge in [-0.3, -0.25) is 4.79 Å². The lowest BCUT2D eigenvalue weighted by Gasteiger charge is -2.20. The van der Waals surface area contributed by atoms with E-state index in [2.05, 4.69) is 10.5 Å². The minimum absolute atomic E-state index is 0. The zero-order valence-electron chi connectivity index (χ0n) is 13.0. The first-order valence-electron chi connectivity index (χ1n) is 8.13. The molecule has 23 heavy (non-hydrogen) atoms. The van der Waals surface area contributed by atoms with Crippen LogP contribution in [0.1, 0.15) is 18.5 Å². The molecular formula is C17H22ClN3O2. The van der Waals surface area contributed by atoms with Gasteiger partial charge in [0, 0.05) is 18.5 Å². The van der Waals surface area contributed by atoms with Crippen molar-refractivity contribution >= 4 is 29.3 Å². The number of benzene rings is 1. The Morgan fingerprint density at radius 3 is 2.65 bits per heavy atom. The summed E-state index contributed by atoms with van der Waals surface area (Å²) in [6.07, 6.45) is 2.57. The van der Waals surface area contributed by atoms with Crippen LogP contribution in [0.15, 0.2) is 28.8 Å². The normalized spacial score (nSPS) is 24.1. The number of halogens is 1. The summed E-state index contributed by atoms with van der Waals surface area (Å²) in [5, 5.41) is 8.50. The van der Waals surface area contributed by atoms with Crippen molar-refractivity contribution in [2.45, 2.75) is 19.3 Å². The summed E-state index contributed by atoms with van der Waals surface area (Å²) in [6, 6.07) is 7.72. The number of nitrogens with one attached hydrogen (secondary N) is 1. The van der Waals surface area contributed by atoms with E-state index in [1.54, 1.807) is 0 Å². The number of aromatic nitrogens is 1. The van der Waals surface area contributed by atoms with Crippen LogP contribution in [0.2, 0.25) is 0 Å². The third kappa shape index (κ3) is 3.21. The van der Waals surface area contributed by atoms with Crippen LogP contribution in [0, 0.1) is 11.8 Å². The molecule has 124 valence electrons. The molecule has 0 bridgehead atoms. The van der Waals surface area contributed by atoms with E-state index in [0.29, 0.717) is 6.42 Å². The second-order valence-corrected chi connectivity index (χ2v) is 6.44. The standard InChI is InChI=1S/C17H21N3O2.ClH/c21-17(9-15-14-3-1-2-4-16(14)22-19-15)20-7-5-12-10-18-11-13(12)6-8-20;/h1-4,12-13,18H,5-11H2;1H/t12-,13+;. The van der Waals surface area contributed by atoms with E-state index < -0.39 is 0 Å². The second kappa shape index (κ2) is 6.89. The Morgan fingerprint density at radius 2 is 1.91 bits per heavy atom. The van der Waals surface area contributed by atoms with E-state index in [0.717, 1.165) is 67.5 Å². The van der Waals surface area contributed by atoms with Crippen LogP contribution >= 0.6 is 12.4 Å². The number of nitrogens with zero attached hydrogens (tertiary/aromatic N) is 2. The van der Waals surface area contributed by atoms with Crippen LogP contribution in [0.5, 0.6) is 0 Å². The van der Waals surface area contributed by atoms with Crippen LogP contribution in [0.25, 0.3) is 11.0 Å². The van der Waals surface area contributed by atoms with Gasteiger partial charge in [0.25, 0.3) is 0 Å². The lowest BCUT2D eigenvalue weighted by molar-refractivity contribution is -0.130. The Hall–Kier alpha value is -1.59. The molecule has 0 spiro atoms. The third-order valence-electron chi connectivity index (χ3n) is 5.14. The first-order chi connectivity index (χ1) is 10.8. The van der Waals surface area contributed by atoms with E-state index >= 15 is 0 Å². The Kier molecular flexibility index (Phi) is 4.87. The smallest absolute Gasteiger partial charge is 0.228 e. The van der Waals surface area contributed by atoms with Gasteiger partial charge in [-0.1, -0.05) is 17.3 Å². The number of likely N-dealkylation sites (tertiary alicyclic amines) is 1. The highest BCUT2D eigenvalue weighted by Crippen LogP contribution is 2.27. The number of carbonyl (C=O) groups excluding carboxylic acids is 1. The van der Waals surface area contributed by atoms with Crippen molar-refractivity contribution in [3.05, 3.63) is 30.0 Å². The first kappa shape index (κ1) is 16.3. The molecule has 0 aliphatic carbocycles. The first-order valence-corrected chi connectivity index (χ1v) is 8.13. The van der Waals surface area contributed by atoms with Gasteiger partial charge in [0.15, 0.2) is 5.58 Å². The predicted octanol–water partition coefficient (Wildman–Crippen LogP) is 2.25. The Morgan fingerprint density at radius 1 is 1.22 bits per heavy atom. The number of para-hydroxylation sites is 1. The predicted molar refractivity (Wildman–Crippen MR) is 90.6 cm³/mol. The third-order valence-corrected chi connectivity index (χ3v) is 5.14. The number of fused-ring (bicyclic) bond motifs is 2. The second-order valence-electron chi connectivity index (χ2n) is 6.44. The SMILES string of the molecule is Cl.O=C(Cc1noc2ccccc12)N1CC[C@@H]2CNC[C@@H]2CC1. The van der Waals surface area contributed by atoms with Gasteiger partial charge >= 0.3 is 0 Å². The zero-order valence-corrected chi connectivity index (χ0v) is 13.8. The fraction of sp³-hybridized carbons (Fsp3) is 0.529. The van der Waals surface area contributed by atoms with Gasteiger partial charge in [0.2, 0.25) is 5.91 Å². The van der Waals surface area contributed by atoms with Gasteiger partial charge in [-0.25, -0.2) is 0 Å². The van der Waals surface area contributed by atoms with Crippen LogP contribution in [-0.2, 0) is 11.2 Å². The van der Waals surface area contributed by atoms with Crippen LogP contribution in [-0.4, -0.2) is 42.1 Å². The van der Waals surface area contributed by atoms with Crippen LogP contribution in [0.4, 0.5) is 0 Å². The summed E-state index contributed by atoms with van der Waals surface area (Å²) in [7, 11) is 0. The number of carbonyl (C=O) groups is 1. The molecule has 4 rings (SSSR count). The molecule has 2 saturated heterocycles. The summed E-state index contributed by atoms with van der Waals surface area (Å²) >= 11 is 0. The molecule has 0 saturated carbocycles. The average Bonchev–Trinajstić information content (AvgIpc) is 3.10. The van der Waals surface area contributed by atoms with Crippen LogP contribution < -0.4 is 5.32 Å². The molecule has 2 atom stereocenters. The molecule has 2 aliphatic heterocycles. The van der Waals surface area contributed by atoms with Crippen molar-refractivity contribution in [3.63, 3.8) is 0 Å². The fourth-order valence-electron chi connectivity index (χ4n) is 3.79. The molecule has 1 N–H and O–H groups in total. The molecule has 6 heteroatoms. The number of hydrogen-bond donors (Lipinski definition) is 1. The van der Waals surface area contributed by atoms with Crippen LogP contribution in [0.3, 0.4) is 0 Å². The average molecular weight is 336 g/mol. The van der Waals surface area contributed by atoms with E-state index in [9.17, 15) is 4.79 Å². The van der Waals surface area contributed by atoms with Gasteiger partial charge < -0.3 is 14.7 Å². The molecule has 2 aromatic rings. The van der Waals surface area contributed by atoms with Gasteiger partial charge in [-0.05, 0) is 49.9 Å². The Bertz CT molecular complexity index is 673. The van der Waals surface area contributed by atoms with E-state index in [1.807, 2.05) is 29.2 Å². The molecule has 5 nitrogen and oxygen atoms in total. The van der Waals surface area contributed by atoms with Crippen molar-refractivity contribution < 1.29 is 9.32 Å². The highest BCUT2D eigenvalue weighted by Gasteiger charge is 2.31. The summed E-state index contributed by atoms with van der Waals surface area (Å²) in [6.45, 7) is 3.97. The molecule has 2 fully saturated rings. The summed E-state index contributed by atoms with van der Waals surface area (Å²) in [5.74, 6) is 1.66. The lowest BCUT2D eigenvalue weighted by atomic mass is 9.92. The molecule has 0 radical (unpaired) electrons. The van der Waals surface area contributed by atoms with Crippen molar-refractivity contribution in [2.24, 2.45) is 11.8 Å². The van der Waals surface area contributed by atoms with Crippen molar-refractivity contribution in [1.29, 1.82) is 0 Å². The summed E-state index contributed by atoms with van der Waals surface area (Å²) in [4.78, 5) is 14.6. The van der Waals surface area contributed by atoms with E-state index in [4.69, 9.17) is 4.52 Å². The molecule has 0 unspecified atom stereocenters. The molecule has 2 aliphatic rings. The molecular weight excluding hydrogens is 314 g/mol. The number of amides is 1. The Labute approximate surface area is 141 Å². The minimum Gasteiger partial charge on any atom is -0.356 e. The highest BCUT2D eigenvalue weighted by atomic mass is 35.5. The van der Waals surface area contributed by atoms with E-state index in [1.165, 1.54) is 0 Å². The fourth-order valence-corrected chi connectivity index (χ4v) is 3.79. The monoisotopic (exact) mass is 335 g/mol. The minimum atomic E-state index is 0. The van der Waals surface area contributed by atoms with Gasteiger partial charge in [0.05, 0.1) is 6.42 Å². The summed E-state index contributed by atoms with van der Waals surface area (Å²) in [5.41, 5.74) is 1.51.